The molecule has 1 aliphatic carbocycles. The van der Waals surface area contributed by atoms with Gasteiger partial charge >= 0.3 is 5.97 Å². The molecule has 1 aliphatic rings. The van der Waals surface area contributed by atoms with Gasteiger partial charge in [0.05, 0.1) is 11.1 Å². The summed E-state index contributed by atoms with van der Waals surface area (Å²) >= 11 is 3.37. The Balaban J connectivity index is 2.20. The van der Waals surface area contributed by atoms with E-state index in [2.05, 4.69) is 15.9 Å². The Hall–Kier alpha value is -1.03. The number of rotatable bonds is 4. The molecule has 0 heterocycles. The second kappa shape index (κ2) is 5.08. The van der Waals surface area contributed by atoms with Crippen LogP contribution in [-0.4, -0.2) is 17.7 Å². The van der Waals surface area contributed by atoms with Crippen molar-refractivity contribution in [1.82, 2.24) is 0 Å². The van der Waals surface area contributed by atoms with Crippen molar-refractivity contribution in [3.63, 3.8) is 0 Å². The molecular formula is C13H15BrO3. The predicted molar refractivity (Wildman–Crippen MR) is 68.7 cm³/mol. The fourth-order valence-electron chi connectivity index (χ4n) is 1.90. The highest BCUT2D eigenvalue weighted by molar-refractivity contribution is 9.10. The molecule has 4 heteroatoms. The highest BCUT2D eigenvalue weighted by Gasteiger charge is 2.21. The van der Waals surface area contributed by atoms with Crippen LogP contribution in [0.2, 0.25) is 0 Å². The molecule has 0 aliphatic heterocycles. The number of benzene rings is 1. The Morgan fingerprint density at radius 2 is 2.24 bits per heavy atom. The zero-order valence-electron chi connectivity index (χ0n) is 9.70. The molecule has 1 fully saturated rings. The smallest absolute Gasteiger partial charge is 0.339 e. The molecule has 3 nitrogen and oxygen atoms in total. The summed E-state index contributed by atoms with van der Waals surface area (Å²) in [5, 5.41) is 9.15. The molecule has 1 aromatic rings. The first-order chi connectivity index (χ1) is 8.08. The Labute approximate surface area is 109 Å². The number of carboxylic acid groups (broad SMARTS) is 1. The second-order valence-corrected chi connectivity index (χ2v) is 5.39. The Bertz CT molecular complexity index is 439. The SMILES string of the molecule is Cc1cc(Br)c(OCC2CCC2)c(C(=O)O)c1. The van der Waals surface area contributed by atoms with Crippen molar-refractivity contribution in [3.05, 3.63) is 27.7 Å². The molecule has 1 aromatic carbocycles. The van der Waals surface area contributed by atoms with Crippen molar-refractivity contribution in [1.29, 1.82) is 0 Å². The third-order valence-corrected chi connectivity index (χ3v) is 3.70. The molecular weight excluding hydrogens is 284 g/mol. The number of aromatic carboxylic acids is 1. The summed E-state index contributed by atoms with van der Waals surface area (Å²) in [7, 11) is 0. The topological polar surface area (TPSA) is 46.5 Å². The molecule has 2 rings (SSSR count). The van der Waals surface area contributed by atoms with Crippen LogP contribution in [0.15, 0.2) is 16.6 Å². The highest BCUT2D eigenvalue weighted by atomic mass is 79.9. The van der Waals surface area contributed by atoms with Crippen LogP contribution in [0.3, 0.4) is 0 Å². The van der Waals surface area contributed by atoms with Gasteiger partial charge in [-0.05, 0) is 59.3 Å². The van der Waals surface area contributed by atoms with E-state index in [0.29, 0.717) is 22.7 Å². The summed E-state index contributed by atoms with van der Waals surface area (Å²) in [5.74, 6) is 0.0952. The third kappa shape index (κ3) is 2.80. The fourth-order valence-corrected chi connectivity index (χ4v) is 2.58. The van der Waals surface area contributed by atoms with E-state index in [4.69, 9.17) is 9.84 Å². The maximum absolute atomic E-state index is 11.2. The van der Waals surface area contributed by atoms with Gasteiger partial charge in [0.1, 0.15) is 11.3 Å². The standard InChI is InChI=1S/C13H15BrO3/c1-8-5-10(13(15)16)12(11(14)6-8)17-7-9-3-2-4-9/h5-6,9H,2-4,7H2,1H3,(H,15,16). The van der Waals surface area contributed by atoms with Crippen molar-refractivity contribution in [2.75, 3.05) is 6.61 Å². The van der Waals surface area contributed by atoms with Gasteiger partial charge in [0, 0.05) is 0 Å². The molecule has 0 spiro atoms. The summed E-state index contributed by atoms with van der Waals surface area (Å²) in [6.07, 6.45) is 3.63. The zero-order chi connectivity index (χ0) is 12.4. The first-order valence-corrected chi connectivity index (χ1v) is 6.53. The largest absolute Gasteiger partial charge is 0.491 e. The lowest BCUT2D eigenvalue weighted by atomic mass is 9.86. The van der Waals surface area contributed by atoms with E-state index in [-0.39, 0.29) is 5.56 Å². The van der Waals surface area contributed by atoms with Gasteiger partial charge in [-0.15, -0.1) is 0 Å². The monoisotopic (exact) mass is 298 g/mol. The maximum atomic E-state index is 11.2. The van der Waals surface area contributed by atoms with Crippen molar-refractivity contribution in [2.45, 2.75) is 26.2 Å². The normalized spacial score (nSPS) is 15.4. The number of halogens is 1. The Kier molecular flexibility index (Phi) is 3.72. The number of carboxylic acids is 1. The summed E-state index contributed by atoms with van der Waals surface area (Å²) in [4.78, 5) is 11.2. The molecule has 0 amide bonds. The van der Waals surface area contributed by atoms with E-state index in [1.807, 2.05) is 13.0 Å². The molecule has 0 saturated heterocycles. The van der Waals surface area contributed by atoms with Crippen molar-refractivity contribution in [3.8, 4) is 5.75 Å². The number of ether oxygens (including phenoxy) is 1. The van der Waals surface area contributed by atoms with Crippen molar-refractivity contribution < 1.29 is 14.6 Å². The average Bonchev–Trinajstić information content (AvgIpc) is 2.17. The van der Waals surface area contributed by atoms with Gasteiger partial charge in [-0.1, -0.05) is 6.42 Å². The van der Waals surface area contributed by atoms with E-state index in [1.54, 1.807) is 6.07 Å². The second-order valence-electron chi connectivity index (χ2n) is 4.54. The molecule has 0 unspecified atom stereocenters. The van der Waals surface area contributed by atoms with E-state index in [1.165, 1.54) is 19.3 Å². The quantitative estimate of drug-likeness (QED) is 0.923. The van der Waals surface area contributed by atoms with Crippen molar-refractivity contribution in [2.24, 2.45) is 5.92 Å². The van der Waals surface area contributed by atoms with Crippen LogP contribution in [0.25, 0.3) is 0 Å². The molecule has 92 valence electrons. The fraction of sp³-hybridized carbons (Fsp3) is 0.462. The molecule has 0 atom stereocenters. The average molecular weight is 299 g/mol. The van der Waals surface area contributed by atoms with Crippen LogP contribution in [0.5, 0.6) is 5.75 Å². The minimum absolute atomic E-state index is 0.233. The molecule has 0 bridgehead atoms. The minimum Gasteiger partial charge on any atom is -0.491 e. The minimum atomic E-state index is -0.946. The summed E-state index contributed by atoms with van der Waals surface area (Å²) < 4.78 is 6.38. The number of carbonyl (C=O) groups is 1. The van der Waals surface area contributed by atoms with E-state index >= 15 is 0 Å². The molecule has 0 aromatic heterocycles. The lowest BCUT2D eigenvalue weighted by Crippen LogP contribution is -2.20. The van der Waals surface area contributed by atoms with Gasteiger partial charge in [-0.3, -0.25) is 0 Å². The first-order valence-electron chi connectivity index (χ1n) is 5.74. The summed E-state index contributed by atoms with van der Waals surface area (Å²) in [6.45, 7) is 2.48. The number of hydrogen-bond donors (Lipinski definition) is 1. The van der Waals surface area contributed by atoms with E-state index in [0.717, 1.165) is 5.56 Å². The molecule has 17 heavy (non-hydrogen) atoms. The van der Waals surface area contributed by atoms with Crippen LogP contribution in [0.1, 0.15) is 35.2 Å². The van der Waals surface area contributed by atoms with E-state index < -0.39 is 5.97 Å². The first kappa shape index (κ1) is 12.4. The van der Waals surface area contributed by atoms with Gasteiger partial charge < -0.3 is 9.84 Å². The van der Waals surface area contributed by atoms with Gasteiger partial charge in [-0.2, -0.15) is 0 Å². The van der Waals surface area contributed by atoms with Crippen LogP contribution in [0.4, 0.5) is 0 Å². The Morgan fingerprint density at radius 1 is 1.53 bits per heavy atom. The van der Waals surface area contributed by atoms with Crippen LogP contribution in [0, 0.1) is 12.8 Å². The zero-order valence-corrected chi connectivity index (χ0v) is 11.3. The van der Waals surface area contributed by atoms with Gasteiger partial charge in [0.2, 0.25) is 0 Å². The lowest BCUT2D eigenvalue weighted by molar-refractivity contribution is 0.0689. The summed E-state index contributed by atoms with van der Waals surface area (Å²) in [5.41, 5.74) is 1.14. The van der Waals surface area contributed by atoms with Crippen LogP contribution < -0.4 is 4.74 Å². The van der Waals surface area contributed by atoms with Crippen LogP contribution in [-0.2, 0) is 0 Å². The molecule has 1 saturated carbocycles. The molecule has 0 radical (unpaired) electrons. The van der Waals surface area contributed by atoms with Gasteiger partial charge in [-0.25, -0.2) is 4.79 Å². The highest BCUT2D eigenvalue weighted by Crippen LogP contribution is 2.33. The lowest BCUT2D eigenvalue weighted by Gasteiger charge is -2.25. The predicted octanol–water partition coefficient (Wildman–Crippen LogP) is 3.63. The van der Waals surface area contributed by atoms with Crippen LogP contribution >= 0.6 is 15.9 Å². The van der Waals surface area contributed by atoms with Gasteiger partial charge in [0.25, 0.3) is 0 Å². The Morgan fingerprint density at radius 3 is 2.76 bits per heavy atom. The molecule has 1 N–H and O–H groups in total. The third-order valence-electron chi connectivity index (χ3n) is 3.11. The number of aryl methyl sites for hydroxylation is 1. The summed E-state index contributed by atoms with van der Waals surface area (Å²) in [6, 6.07) is 3.52. The van der Waals surface area contributed by atoms with E-state index in [9.17, 15) is 4.79 Å². The maximum Gasteiger partial charge on any atom is 0.339 e. The van der Waals surface area contributed by atoms with Gasteiger partial charge in [0.15, 0.2) is 0 Å². The number of hydrogen-bond acceptors (Lipinski definition) is 2. The van der Waals surface area contributed by atoms with Crippen molar-refractivity contribution >= 4 is 21.9 Å².